The van der Waals surface area contributed by atoms with E-state index in [4.69, 9.17) is 25.7 Å². The number of rotatable bonds is 22. The molecular weight excluding hydrogens is 755 g/mol. The first kappa shape index (κ1) is 48.5. The largest absolute Gasteiger partial charge is 0.513 e. The van der Waals surface area contributed by atoms with Crippen LogP contribution in [0, 0.1) is 5.92 Å². The summed E-state index contributed by atoms with van der Waals surface area (Å²) in [7, 11) is 0.104. The van der Waals surface area contributed by atoms with Crippen LogP contribution in [0.2, 0.25) is 0 Å². The van der Waals surface area contributed by atoms with Crippen molar-refractivity contribution in [2.75, 3.05) is 38.8 Å². The Morgan fingerprint density at radius 3 is 2.16 bits per heavy atom. The Morgan fingerprint density at radius 1 is 0.860 bits per heavy atom. The Bertz CT molecular complexity index is 1680. The third kappa shape index (κ3) is 18.0. The van der Waals surface area contributed by atoms with Crippen LogP contribution in [-0.2, 0) is 62.5 Å². The predicted octanol–water partition coefficient (Wildman–Crippen LogP) is 3.05. The number of amides is 4. The molecule has 0 saturated heterocycles. The number of carbonyl (C=O) groups is 6. The lowest BCUT2D eigenvalue weighted by molar-refractivity contribution is -0.143. The highest BCUT2D eigenvalue weighted by atomic mass is 32.2. The first-order valence-corrected chi connectivity index (χ1v) is 20.9. The molecule has 2 aromatic rings. The average Bonchev–Trinajstić information content (AvgIpc) is 3.15. The molecule has 4 atom stereocenters. The van der Waals surface area contributed by atoms with Crippen LogP contribution in [0.5, 0.6) is 5.75 Å². The fraction of sp³-hybridized carbons (Fsp3) is 0.561. The maximum absolute atomic E-state index is 14.0. The summed E-state index contributed by atoms with van der Waals surface area (Å²) in [6.45, 7) is 9.46. The van der Waals surface area contributed by atoms with Crippen LogP contribution in [0.25, 0.3) is 0 Å². The molecule has 0 aliphatic rings. The van der Waals surface area contributed by atoms with Crippen LogP contribution in [-0.4, -0.2) is 102 Å². The first-order chi connectivity index (χ1) is 26.8. The van der Waals surface area contributed by atoms with Gasteiger partial charge in [0.2, 0.25) is 23.6 Å². The number of imide groups is 1. The molecule has 0 aliphatic heterocycles. The molecule has 6 N–H and O–H groups in total. The summed E-state index contributed by atoms with van der Waals surface area (Å²) in [5.74, 6) is -2.49. The summed E-state index contributed by atoms with van der Waals surface area (Å²) in [4.78, 5) is 79.3. The third-order valence-corrected chi connectivity index (χ3v) is 9.67. The van der Waals surface area contributed by atoms with E-state index in [9.17, 15) is 33.0 Å². The van der Waals surface area contributed by atoms with Gasteiger partial charge in [0.15, 0.2) is 0 Å². The number of nitrogens with one attached hydrogen (secondary N) is 2. The van der Waals surface area contributed by atoms with Gasteiger partial charge in [-0.2, -0.15) is 0 Å². The Kier molecular flexibility index (Phi) is 20.6. The lowest BCUT2D eigenvalue weighted by Crippen LogP contribution is -2.56. The van der Waals surface area contributed by atoms with Crippen LogP contribution in [0.4, 0.5) is 4.79 Å². The number of methoxy groups -OCH3 is 1. The Hall–Kier alpha value is -4.67. The van der Waals surface area contributed by atoms with Gasteiger partial charge in [0, 0.05) is 47.8 Å². The van der Waals surface area contributed by atoms with Crippen molar-refractivity contribution < 1.29 is 47.2 Å². The molecular formula is C41H61N5O10S. The standard InChI is InChI=1S/C41H61N5O10S/c1-27(2)26-55-40(52)56-34-18-17-29(22-30(34)41(3,4)5)23-32(43)37(49)44-25-35(47)46(20-13-9-12-16-36(48)54-6)33(24-28-14-10-8-11-15-28)39(51)45-38(50)31(42)19-21-57(7)53/h8,10-11,14-15,17-18,22,27,31-33H,9,12-13,16,19-21,23-26,42-43H2,1-7H3,(H,44,49)(H,45,50,51)/t31?,32-,33-,57?/m0/s1. The fourth-order valence-electron chi connectivity index (χ4n) is 5.66. The van der Waals surface area contributed by atoms with Crippen molar-refractivity contribution in [3.05, 3.63) is 65.2 Å². The first-order valence-electron chi connectivity index (χ1n) is 19.1. The molecule has 57 heavy (non-hydrogen) atoms. The van der Waals surface area contributed by atoms with E-state index in [0.29, 0.717) is 41.7 Å². The van der Waals surface area contributed by atoms with Crippen molar-refractivity contribution >= 4 is 46.6 Å². The zero-order chi connectivity index (χ0) is 42.7. The van der Waals surface area contributed by atoms with E-state index in [0.717, 1.165) is 0 Å². The molecule has 0 fully saturated rings. The van der Waals surface area contributed by atoms with E-state index in [1.54, 1.807) is 42.5 Å². The number of nitrogens with zero attached hydrogens (tertiary/aromatic N) is 1. The quantitative estimate of drug-likeness (QED) is 0.0765. The Balaban J connectivity index is 2.28. The molecule has 2 unspecified atom stereocenters. The van der Waals surface area contributed by atoms with E-state index < -0.39 is 70.7 Å². The summed E-state index contributed by atoms with van der Waals surface area (Å²) in [5, 5.41) is 4.94. The SMILES string of the molecule is COC(=O)CCCCCN(C(=O)CNC(=O)[C@@H](N)Cc1ccc(OC(=O)OCC(C)C)c(C(C)(C)C)c1)[C@@H](Cc1ccccc1)C(=O)NC(=O)C(N)CCS(C)=O. The van der Waals surface area contributed by atoms with E-state index in [-0.39, 0.29) is 56.5 Å². The molecule has 0 aromatic heterocycles. The van der Waals surface area contributed by atoms with Gasteiger partial charge in [-0.3, -0.25) is 33.5 Å². The van der Waals surface area contributed by atoms with Crippen molar-refractivity contribution in [1.82, 2.24) is 15.5 Å². The van der Waals surface area contributed by atoms with Crippen LogP contribution in [0.1, 0.15) is 83.4 Å². The number of hydrogen-bond donors (Lipinski definition) is 4. The zero-order valence-electron chi connectivity index (χ0n) is 34.3. The molecule has 0 radical (unpaired) electrons. The minimum atomic E-state index is -1.20. The van der Waals surface area contributed by atoms with E-state index >= 15 is 0 Å². The Labute approximate surface area is 338 Å². The molecule has 16 heteroatoms. The third-order valence-electron chi connectivity index (χ3n) is 8.86. The molecule has 0 saturated carbocycles. The molecule has 4 amide bonds. The second kappa shape index (κ2) is 24.2. The van der Waals surface area contributed by atoms with Crippen LogP contribution < -0.4 is 26.8 Å². The number of ether oxygens (including phenoxy) is 3. The molecule has 2 rings (SSSR count). The fourth-order valence-corrected chi connectivity index (χ4v) is 6.25. The molecule has 2 aromatic carbocycles. The Morgan fingerprint density at radius 2 is 1.54 bits per heavy atom. The minimum absolute atomic E-state index is 0.0425. The van der Waals surface area contributed by atoms with Gasteiger partial charge in [0.05, 0.1) is 32.3 Å². The van der Waals surface area contributed by atoms with Gasteiger partial charge in [0.1, 0.15) is 11.8 Å². The van der Waals surface area contributed by atoms with E-state index in [2.05, 4.69) is 10.6 Å². The van der Waals surface area contributed by atoms with Crippen LogP contribution >= 0.6 is 0 Å². The normalized spacial score (nSPS) is 13.4. The maximum atomic E-state index is 14.0. The van der Waals surface area contributed by atoms with Crippen LogP contribution in [0.3, 0.4) is 0 Å². The lowest BCUT2D eigenvalue weighted by atomic mass is 9.84. The number of esters is 1. The number of unbranched alkanes of at least 4 members (excludes halogenated alkanes) is 2. The number of benzene rings is 2. The van der Waals surface area contributed by atoms with Gasteiger partial charge in [-0.25, -0.2) is 4.79 Å². The van der Waals surface area contributed by atoms with Crippen molar-refractivity contribution in [2.45, 2.75) is 103 Å². The van der Waals surface area contributed by atoms with Crippen molar-refractivity contribution in [2.24, 2.45) is 17.4 Å². The number of hydrogen-bond acceptors (Lipinski definition) is 12. The second-order valence-corrected chi connectivity index (χ2v) is 16.9. The average molecular weight is 816 g/mol. The van der Waals surface area contributed by atoms with Crippen LogP contribution in [0.15, 0.2) is 48.5 Å². The number of carbonyl (C=O) groups excluding carboxylic acids is 6. The lowest BCUT2D eigenvalue weighted by Gasteiger charge is -2.31. The van der Waals surface area contributed by atoms with Gasteiger partial charge in [-0.1, -0.05) is 83.5 Å². The molecule has 0 heterocycles. The highest BCUT2D eigenvalue weighted by molar-refractivity contribution is 7.84. The summed E-state index contributed by atoms with van der Waals surface area (Å²) >= 11 is 0. The minimum Gasteiger partial charge on any atom is -0.469 e. The van der Waals surface area contributed by atoms with Gasteiger partial charge < -0.3 is 35.9 Å². The summed E-state index contributed by atoms with van der Waals surface area (Å²) < 4.78 is 27.0. The number of nitrogens with two attached hydrogens (primary N) is 2. The summed E-state index contributed by atoms with van der Waals surface area (Å²) in [6, 6.07) is 10.7. The molecule has 0 aliphatic carbocycles. The zero-order valence-corrected chi connectivity index (χ0v) is 35.1. The monoisotopic (exact) mass is 815 g/mol. The van der Waals surface area contributed by atoms with Gasteiger partial charge in [-0.05, 0) is 54.2 Å². The second-order valence-electron chi connectivity index (χ2n) is 15.4. The highest BCUT2D eigenvalue weighted by Gasteiger charge is 2.32. The predicted molar refractivity (Wildman–Crippen MR) is 217 cm³/mol. The van der Waals surface area contributed by atoms with Gasteiger partial charge in [-0.15, -0.1) is 0 Å². The maximum Gasteiger partial charge on any atom is 0.513 e. The van der Waals surface area contributed by atoms with Crippen molar-refractivity contribution in [3.8, 4) is 5.75 Å². The smallest absolute Gasteiger partial charge is 0.469 e. The topological polar surface area (TPSA) is 227 Å². The van der Waals surface area contributed by atoms with Crippen molar-refractivity contribution in [1.29, 1.82) is 0 Å². The molecule has 0 bridgehead atoms. The van der Waals surface area contributed by atoms with Crippen molar-refractivity contribution in [3.63, 3.8) is 0 Å². The van der Waals surface area contributed by atoms with Gasteiger partial charge >= 0.3 is 12.1 Å². The van der Waals surface area contributed by atoms with Gasteiger partial charge in [0.25, 0.3) is 0 Å². The highest BCUT2D eigenvalue weighted by Crippen LogP contribution is 2.33. The molecule has 0 spiro atoms. The van der Waals surface area contributed by atoms with E-state index in [1.807, 2.05) is 40.7 Å². The summed E-state index contributed by atoms with van der Waals surface area (Å²) in [6.07, 6.45) is 2.47. The molecule has 15 nitrogen and oxygen atoms in total. The summed E-state index contributed by atoms with van der Waals surface area (Å²) in [5.41, 5.74) is 14.0. The molecule has 316 valence electrons. The van der Waals surface area contributed by atoms with E-state index in [1.165, 1.54) is 18.3 Å².